The third-order valence-electron chi connectivity index (χ3n) is 4.49. The quantitative estimate of drug-likeness (QED) is 0.848. The lowest BCUT2D eigenvalue weighted by Crippen LogP contribution is -2.48. The molecule has 1 fully saturated rings. The first-order chi connectivity index (χ1) is 11.3. The molecule has 1 N–H and O–H groups in total. The van der Waals surface area contributed by atoms with Crippen LogP contribution >= 0.6 is 0 Å². The molecule has 0 bridgehead atoms. The van der Waals surface area contributed by atoms with Crippen molar-refractivity contribution in [3.8, 4) is 0 Å². The number of hydrogen-bond donors (Lipinski definition) is 1. The number of carbonyl (C=O) groups is 1. The van der Waals surface area contributed by atoms with Gasteiger partial charge in [0.1, 0.15) is 5.82 Å². The van der Waals surface area contributed by atoms with Crippen LogP contribution in [0, 0.1) is 5.82 Å². The zero-order valence-electron chi connectivity index (χ0n) is 14.7. The lowest BCUT2D eigenvalue weighted by atomic mass is 9.83. The van der Waals surface area contributed by atoms with Crippen molar-refractivity contribution in [2.45, 2.75) is 25.4 Å². The number of hydrogen-bond acceptors (Lipinski definition) is 4. The van der Waals surface area contributed by atoms with Crippen LogP contribution in [0.3, 0.4) is 0 Å². The topological polar surface area (TPSA) is 53.0 Å². The summed E-state index contributed by atoms with van der Waals surface area (Å²) in [6.45, 7) is 7.04. The molecule has 1 aliphatic rings. The van der Waals surface area contributed by atoms with Gasteiger partial charge in [0.05, 0.1) is 24.7 Å². The van der Waals surface area contributed by atoms with Crippen molar-refractivity contribution in [2.75, 3.05) is 46.4 Å². The van der Waals surface area contributed by atoms with Crippen LogP contribution < -0.4 is 0 Å². The Balaban J connectivity index is 1.96. The first-order valence-electron chi connectivity index (χ1n) is 8.31. The van der Waals surface area contributed by atoms with Gasteiger partial charge in [0.15, 0.2) is 0 Å². The molecule has 5 nitrogen and oxygen atoms in total. The van der Waals surface area contributed by atoms with Gasteiger partial charge in [0, 0.05) is 38.8 Å². The molecule has 1 aliphatic heterocycles. The van der Waals surface area contributed by atoms with Crippen LogP contribution in [0.25, 0.3) is 0 Å². The number of amides is 1. The van der Waals surface area contributed by atoms with Crippen molar-refractivity contribution in [3.05, 3.63) is 35.6 Å². The smallest absolute Gasteiger partial charge is 0.232 e. The van der Waals surface area contributed by atoms with Crippen LogP contribution in [0.15, 0.2) is 24.3 Å². The van der Waals surface area contributed by atoms with E-state index in [1.165, 1.54) is 11.0 Å². The Labute approximate surface area is 143 Å². The first kappa shape index (κ1) is 18.8. The van der Waals surface area contributed by atoms with Gasteiger partial charge in [-0.15, -0.1) is 0 Å². The molecule has 24 heavy (non-hydrogen) atoms. The van der Waals surface area contributed by atoms with Gasteiger partial charge in [-0.2, -0.15) is 0 Å². The number of aliphatic hydroxyl groups excluding tert-OH is 1. The van der Waals surface area contributed by atoms with Crippen LogP contribution in [0.5, 0.6) is 0 Å². The summed E-state index contributed by atoms with van der Waals surface area (Å²) >= 11 is 0. The fourth-order valence-corrected chi connectivity index (χ4v) is 3.10. The summed E-state index contributed by atoms with van der Waals surface area (Å²) in [4.78, 5) is 16.4. The molecular formula is C18H27FN2O3. The lowest BCUT2D eigenvalue weighted by molar-refractivity contribution is -0.136. The Bertz CT molecular complexity index is 559. The standard InChI is InChI=1S/C18H27FN2O3/c1-18(2,15-6-4-5-7-16(15)19)17(23)20(3)12-14(22)13-21-8-10-24-11-9-21/h4-7,14,22H,8-13H2,1-3H3. The number of β-amino-alcohol motifs (C(OH)–C–C–N with tert-alkyl or cyclic N) is 1. The molecule has 1 aromatic rings. The van der Waals surface area contributed by atoms with E-state index in [4.69, 9.17) is 4.74 Å². The van der Waals surface area contributed by atoms with E-state index in [0.717, 1.165) is 13.1 Å². The number of benzene rings is 1. The molecule has 6 heteroatoms. The minimum atomic E-state index is -0.987. The number of aliphatic hydroxyl groups is 1. The molecule has 1 heterocycles. The van der Waals surface area contributed by atoms with E-state index in [0.29, 0.717) is 25.3 Å². The summed E-state index contributed by atoms with van der Waals surface area (Å²) in [5, 5.41) is 10.3. The lowest BCUT2D eigenvalue weighted by Gasteiger charge is -2.33. The average molecular weight is 338 g/mol. The van der Waals surface area contributed by atoms with Crippen LogP contribution in [0.4, 0.5) is 4.39 Å². The van der Waals surface area contributed by atoms with Gasteiger partial charge >= 0.3 is 0 Å². The van der Waals surface area contributed by atoms with E-state index in [9.17, 15) is 14.3 Å². The average Bonchev–Trinajstić information content (AvgIpc) is 2.55. The molecular weight excluding hydrogens is 311 g/mol. The van der Waals surface area contributed by atoms with Gasteiger partial charge in [-0.1, -0.05) is 18.2 Å². The van der Waals surface area contributed by atoms with Crippen molar-refractivity contribution in [1.29, 1.82) is 0 Å². The van der Waals surface area contributed by atoms with Gasteiger partial charge in [-0.3, -0.25) is 9.69 Å². The van der Waals surface area contributed by atoms with Crippen LogP contribution in [0.2, 0.25) is 0 Å². The molecule has 0 aromatic heterocycles. The number of rotatable bonds is 6. The normalized spacial score (nSPS) is 17.5. The summed E-state index contributed by atoms with van der Waals surface area (Å²) in [7, 11) is 1.65. The number of carbonyl (C=O) groups excluding carboxylic acids is 1. The zero-order valence-corrected chi connectivity index (χ0v) is 14.7. The molecule has 0 aliphatic carbocycles. The molecule has 1 atom stereocenters. The monoisotopic (exact) mass is 338 g/mol. The summed E-state index contributed by atoms with van der Waals surface area (Å²) in [5.41, 5.74) is -0.622. The molecule has 0 saturated carbocycles. The third kappa shape index (κ3) is 4.53. The second-order valence-electron chi connectivity index (χ2n) is 6.86. The van der Waals surface area contributed by atoms with E-state index in [-0.39, 0.29) is 12.5 Å². The maximum Gasteiger partial charge on any atom is 0.232 e. The van der Waals surface area contributed by atoms with Crippen LogP contribution in [-0.4, -0.2) is 73.4 Å². The van der Waals surface area contributed by atoms with Crippen molar-refractivity contribution in [1.82, 2.24) is 9.80 Å². The Morgan fingerprint density at radius 3 is 2.62 bits per heavy atom. The molecule has 134 valence electrons. The minimum Gasteiger partial charge on any atom is -0.390 e. The molecule has 1 amide bonds. The third-order valence-corrected chi connectivity index (χ3v) is 4.49. The Morgan fingerprint density at radius 1 is 1.38 bits per heavy atom. The van der Waals surface area contributed by atoms with E-state index in [1.807, 2.05) is 0 Å². The maximum atomic E-state index is 14.0. The summed E-state index contributed by atoms with van der Waals surface area (Å²) in [6, 6.07) is 6.32. The predicted octanol–water partition coefficient (Wildman–Crippen LogP) is 1.25. The van der Waals surface area contributed by atoms with Crippen molar-refractivity contribution in [2.24, 2.45) is 0 Å². The number of ether oxygens (including phenoxy) is 1. The van der Waals surface area contributed by atoms with Crippen molar-refractivity contribution in [3.63, 3.8) is 0 Å². The first-order valence-corrected chi connectivity index (χ1v) is 8.31. The number of likely N-dealkylation sites (N-methyl/N-ethyl adjacent to an activating group) is 1. The number of halogens is 1. The van der Waals surface area contributed by atoms with Gasteiger partial charge < -0.3 is 14.7 Å². The Hall–Kier alpha value is -1.50. The van der Waals surface area contributed by atoms with Crippen LogP contribution in [0.1, 0.15) is 19.4 Å². The SMILES string of the molecule is CN(CC(O)CN1CCOCC1)C(=O)C(C)(C)c1ccccc1F. The summed E-state index contributed by atoms with van der Waals surface area (Å²) in [6.07, 6.45) is -0.645. The molecule has 1 unspecified atom stereocenters. The highest BCUT2D eigenvalue weighted by Crippen LogP contribution is 2.27. The van der Waals surface area contributed by atoms with Gasteiger partial charge in [-0.25, -0.2) is 4.39 Å². The molecule has 0 radical (unpaired) electrons. The van der Waals surface area contributed by atoms with Gasteiger partial charge in [0.25, 0.3) is 0 Å². The van der Waals surface area contributed by atoms with Gasteiger partial charge in [0.2, 0.25) is 5.91 Å². The second kappa shape index (κ2) is 8.05. The van der Waals surface area contributed by atoms with E-state index < -0.39 is 17.3 Å². The highest BCUT2D eigenvalue weighted by atomic mass is 19.1. The number of morpholine rings is 1. The largest absolute Gasteiger partial charge is 0.390 e. The Kier molecular flexibility index (Phi) is 6.32. The maximum absolute atomic E-state index is 14.0. The molecule has 1 saturated heterocycles. The Morgan fingerprint density at radius 2 is 2.00 bits per heavy atom. The van der Waals surface area contributed by atoms with Crippen molar-refractivity contribution < 1.29 is 19.0 Å². The second-order valence-corrected chi connectivity index (χ2v) is 6.86. The highest BCUT2D eigenvalue weighted by Gasteiger charge is 2.35. The van der Waals surface area contributed by atoms with E-state index in [1.54, 1.807) is 39.1 Å². The minimum absolute atomic E-state index is 0.214. The molecule has 2 rings (SSSR count). The zero-order chi connectivity index (χ0) is 17.7. The van der Waals surface area contributed by atoms with Gasteiger partial charge in [-0.05, 0) is 19.9 Å². The highest BCUT2D eigenvalue weighted by molar-refractivity contribution is 5.87. The summed E-state index contributed by atoms with van der Waals surface area (Å²) in [5.74, 6) is -0.605. The van der Waals surface area contributed by atoms with E-state index >= 15 is 0 Å². The fourth-order valence-electron chi connectivity index (χ4n) is 3.10. The number of nitrogens with zero attached hydrogens (tertiary/aromatic N) is 2. The van der Waals surface area contributed by atoms with E-state index in [2.05, 4.69) is 4.90 Å². The summed E-state index contributed by atoms with van der Waals surface area (Å²) < 4.78 is 19.3. The van der Waals surface area contributed by atoms with Crippen molar-refractivity contribution >= 4 is 5.91 Å². The predicted molar refractivity (Wildman–Crippen MR) is 90.3 cm³/mol. The molecule has 0 spiro atoms. The molecule has 1 aromatic carbocycles. The fraction of sp³-hybridized carbons (Fsp3) is 0.611. The van der Waals surface area contributed by atoms with Crippen LogP contribution in [-0.2, 0) is 14.9 Å².